The number of halogens is 2. The van der Waals surface area contributed by atoms with Gasteiger partial charge in [-0.3, -0.25) is 0 Å². The summed E-state index contributed by atoms with van der Waals surface area (Å²) in [6.45, 7) is 2.44. The number of carbonyl (C=O) groups excluding carboxylic acids is 1. The minimum absolute atomic E-state index is 0.0789. The van der Waals surface area contributed by atoms with Gasteiger partial charge in [0.2, 0.25) is 0 Å². The third-order valence-electron chi connectivity index (χ3n) is 5.25. The largest absolute Gasteiger partial charge is 0.344 e. The maximum Gasteiger partial charge on any atom is 0.344 e. The Hall–Kier alpha value is -1.56. The summed E-state index contributed by atoms with van der Waals surface area (Å²) in [7, 11) is 0. The van der Waals surface area contributed by atoms with Crippen molar-refractivity contribution in [2.24, 2.45) is 11.8 Å². The molecule has 7 heteroatoms. The lowest BCUT2D eigenvalue weighted by molar-refractivity contribution is 0.202. The van der Waals surface area contributed by atoms with Crippen molar-refractivity contribution in [2.75, 3.05) is 13.1 Å². The van der Waals surface area contributed by atoms with Crippen molar-refractivity contribution in [3.8, 4) is 0 Å². The highest BCUT2D eigenvalue weighted by molar-refractivity contribution is 6.30. The van der Waals surface area contributed by atoms with Crippen LogP contribution in [0, 0.1) is 11.8 Å². The highest BCUT2D eigenvalue weighted by Crippen LogP contribution is 2.38. The zero-order chi connectivity index (χ0) is 17.4. The quantitative estimate of drug-likeness (QED) is 0.886. The van der Waals surface area contributed by atoms with Gasteiger partial charge in [0, 0.05) is 30.7 Å². The first-order valence-electron chi connectivity index (χ1n) is 8.56. The average Bonchev–Trinajstić information content (AvgIpc) is 3.26. The van der Waals surface area contributed by atoms with Crippen molar-refractivity contribution in [1.29, 1.82) is 0 Å². The van der Waals surface area contributed by atoms with Gasteiger partial charge in [-0.05, 0) is 42.4 Å². The highest BCUT2D eigenvalue weighted by atomic mass is 35.5. The van der Waals surface area contributed by atoms with Crippen LogP contribution in [0.2, 0.25) is 10.0 Å². The summed E-state index contributed by atoms with van der Waals surface area (Å²) >= 11 is 11.9. The second kappa shape index (κ2) is 6.98. The minimum atomic E-state index is -0.0789. The van der Waals surface area contributed by atoms with E-state index in [1.165, 1.54) is 16.4 Å². The van der Waals surface area contributed by atoms with E-state index in [0.717, 1.165) is 37.5 Å². The second-order valence-electron chi connectivity index (χ2n) is 6.99. The molecule has 1 amide bonds. The van der Waals surface area contributed by atoms with E-state index in [0.29, 0.717) is 22.9 Å². The molecule has 0 radical (unpaired) electrons. The van der Waals surface area contributed by atoms with E-state index >= 15 is 0 Å². The summed E-state index contributed by atoms with van der Waals surface area (Å²) < 4.78 is 1.33. The van der Waals surface area contributed by atoms with Crippen LogP contribution in [0.1, 0.15) is 18.4 Å². The number of nitrogens with one attached hydrogen (secondary N) is 1. The van der Waals surface area contributed by atoms with Gasteiger partial charge in [-0.15, -0.1) is 0 Å². The molecule has 3 atom stereocenters. The van der Waals surface area contributed by atoms with Gasteiger partial charge >= 0.3 is 6.03 Å². The molecule has 25 heavy (non-hydrogen) atoms. The standard InChI is InChI=1S/C18H20Cl2N4O/c19-15-3-1-2-12(4-15)7-21-17-5-13-9-23(10-14(13)6-17)18(25)24-11-16(20)8-22-24/h1-4,8,11,13-14,17,21H,5-7,9-10H2/t13-,14?,17?/m0/s1. The van der Waals surface area contributed by atoms with Gasteiger partial charge in [0.05, 0.1) is 17.4 Å². The Bertz CT molecular complexity index is 764. The Kier molecular flexibility index (Phi) is 4.71. The van der Waals surface area contributed by atoms with E-state index in [-0.39, 0.29) is 6.03 Å². The number of rotatable bonds is 3. The van der Waals surface area contributed by atoms with E-state index < -0.39 is 0 Å². The molecule has 1 aliphatic heterocycles. The normalized spacial score (nSPS) is 25.4. The number of amides is 1. The molecule has 2 unspecified atom stereocenters. The third-order valence-corrected chi connectivity index (χ3v) is 5.68. The minimum Gasteiger partial charge on any atom is -0.322 e. The molecule has 0 bridgehead atoms. The van der Waals surface area contributed by atoms with E-state index in [1.807, 2.05) is 23.1 Å². The zero-order valence-electron chi connectivity index (χ0n) is 13.7. The highest BCUT2D eigenvalue weighted by Gasteiger charge is 2.42. The molecule has 2 fully saturated rings. The molecule has 2 aromatic rings. The smallest absolute Gasteiger partial charge is 0.322 e. The van der Waals surface area contributed by atoms with Gasteiger partial charge in [0.15, 0.2) is 0 Å². The summed E-state index contributed by atoms with van der Waals surface area (Å²) in [6.07, 6.45) is 5.27. The molecule has 2 heterocycles. The molecule has 1 saturated carbocycles. The van der Waals surface area contributed by atoms with Crippen molar-refractivity contribution in [2.45, 2.75) is 25.4 Å². The van der Waals surface area contributed by atoms with Crippen molar-refractivity contribution in [1.82, 2.24) is 20.0 Å². The van der Waals surface area contributed by atoms with Crippen molar-refractivity contribution >= 4 is 29.2 Å². The van der Waals surface area contributed by atoms with E-state index in [2.05, 4.69) is 16.5 Å². The predicted molar refractivity (Wildman–Crippen MR) is 97.9 cm³/mol. The van der Waals surface area contributed by atoms with Crippen LogP contribution in [0.25, 0.3) is 0 Å². The Balaban J connectivity index is 1.29. The molecule has 132 valence electrons. The molecule has 5 nitrogen and oxygen atoms in total. The van der Waals surface area contributed by atoms with Crippen LogP contribution in [0.3, 0.4) is 0 Å². The SMILES string of the molecule is O=C(N1CC2CC(NCc3cccc(Cl)c3)C[C@H]2C1)n1cc(Cl)cn1. The van der Waals surface area contributed by atoms with Crippen LogP contribution in [-0.4, -0.2) is 39.8 Å². The second-order valence-corrected chi connectivity index (χ2v) is 7.86. The van der Waals surface area contributed by atoms with Gasteiger partial charge in [0.1, 0.15) is 0 Å². The number of fused-ring (bicyclic) bond motifs is 1. The third kappa shape index (κ3) is 3.68. The molecule has 2 aliphatic rings. The van der Waals surface area contributed by atoms with Gasteiger partial charge in [-0.2, -0.15) is 9.78 Å². The number of benzene rings is 1. The zero-order valence-corrected chi connectivity index (χ0v) is 15.2. The predicted octanol–water partition coefficient (Wildman–Crippen LogP) is 3.66. The Morgan fingerprint density at radius 3 is 2.60 bits per heavy atom. The fourth-order valence-corrected chi connectivity index (χ4v) is 4.43. The number of likely N-dealkylation sites (tertiary alicyclic amines) is 1. The maximum absolute atomic E-state index is 12.5. The summed E-state index contributed by atoms with van der Waals surface area (Å²) in [5.74, 6) is 1.12. The maximum atomic E-state index is 12.5. The summed E-state index contributed by atoms with van der Waals surface area (Å²) in [5.41, 5.74) is 1.21. The molecule has 1 aromatic heterocycles. The fourth-order valence-electron chi connectivity index (χ4n) is 4.08. The van der Waals surface area contributed by atoms with Crippen LogP contribution in [0.15, 0.2) is 36.7 Å². The summed E-state index contributed by atoms with van der Waals surface area (Å²) in [4.78, 5) is 14.3. The molecule has 1 N–H and O–H groups in total. The molecule has 1 saturated heterocycles. The number of carbonyl (C=O) groups is 1. The lowest BCUT2D eigenvalue weighted by Crippen LogP contribution is -2.35. The van der Waals surface area contributed by atoms with Gasteiger partial charge in [-0.25, -0.2) is 4.79 Å². The first kappa shape index (κ1) is 16.9. The summed E-state index contributed by atoms with van der Waals surface area (Å²) in [5, 5.41) is 8.90. The Labute approximate surface area is 156 Å². The van der Waals surface area contributed by atoms with E-state index in [1.54, 1.807) is 6.20 Å². The van der Waals surface area contributed by atoms with Crippen molar-refractivity contribution < 1.29 is 4.79 Å². The van der Waals surface area contributed by atoms with Gasteiger partial charge in [0.25, 0.3) is 0 Å². The Morgan fingerprint density at radius 2 is 1.96 bits per heavy atom. The number of nitrogens with zero attached hydrogens (tertiary/aromatic N) is 3. The van der Waals surface area contributed by atoms with Gasteiger partial charge < -0.3 is 10.2 Å². The molecular formula is C18H20Cl2N4O. The number of hydrogen-bond acceptors (Lipinski definition) is 3. The first-order chi connectivity index (χ1) is 12.1. The summed E-state index contributed by atoms with van der Waals surface area (Å²) in [6, 6.07) is 8.39. The number of aromatic nitrogens is 2. The molecule has 0 spiro atoms. The van der Waals surface area contributed by atoms with Crippen LogP contribution >= 0.6 is 23.2 Å². The Morgan fingerprint density at radius 1 is 1.20 bits per heavy atom. The van der Waals surface area contributed by atoms with Crippen molar-refractivity contribution in [3.05, 3.63) is 52.3 Å². The molecule has 1 aromatic carbocycles. The van der Waals surface area contributed by atoms with Crippen LogP contribution in [0.5, 0.6) is 0 Å². The van der Waals surface area contributed by atoms with E-state index in [4.69, 9.17) is 23.2 Å². The molecular weight excluding hydrogens is 359 g/mol. The monoisotopic (exact) mass is 378 g/mol. The van der Waals surface area contributed by atoms with Crippen LogP contribution in [-0.2, 0) is 6.54 Å². The van der Waals surface area contributed by atoms with Gasteiger partial charge in [-0.1, -0.05) is 35.3 Å². The first-order valence-corrected chi connectivity index (χ1v) is 9.31. The topological polar surface area (TPSA) is 50.2 Å². The van der Waals surface area contributed by atoms with Crippen LogP contribution < -0.4 is 5.32 Å². The lowest BCUT2D eigenvalue weighted by Gasteiger charge is -2.19. The molecule has 4 rings (SSSR count). The lowest BCUT2D eigenvalue weighted by atomic mass is 10.0. The van der Waals surface area contributed by atoms with Crippen molar-refractivity contribution in [3.63, 3.8) is 0 Å². The average molecular weight is 379 g/mol. The number of hydrogen-bond donors (Lipinski definition) is 1. The fraction of sp³-hybridized carbons (Fsp3) is 0.444. The molecule has 1 aliphatic carbocycles. The van der Waals surface area contributed by atoms with Crippen LogP contribution in [0.4, 0.5) is 4.79 Å². The van der Waals surface area contributed by atoms with E-state index in [9.17, 15) is 4.79 Å².